The predicted octanol–water partition coefficient (Wildman–Crippen LogP) is 3.56. The lowest BCUT2D eigenvalue weighted by Crippen LogP contribution is -2.07. The number of nitrogens with one attached hydrogen (secondary N) is 1. The van der Waals surface area contributed by atoms with Crippen LogP contribution in [-0.4, -0.2) is 30.4 Å². The van der Waals surface area contributed by atoms with Crippen molar-refractivity contribution in [2.45, 2.75) is 26.5 Å². The highest BCUT2D eigenvalue weighted by atomic mass is 35.5. The van der Waals surface area contributed by atoms with Crippen LogP contribution in [0.15, 0.2) is 30.3 Å². The number of benzene rings is 1. The van der Waals surface area contributed by atoms with Crippen molar-refractivity contribution >= 4 is 17.4 Å². The molecule has 0 atom stereocenters. The minimum Gasteiger partial charge on any atom is -0.493 e. The van der Waals surface area contributed by atoms with Crippen molar-refractivity contribution in [1.82, 2.24) is 4.98 Å². The fourth-order valence-corrected chi connectivity index (χ4v) is 2.46. The first-order chi connectivity index (χ1) is 11.6. The summed E-state index contributed by atoms with van der Waals surface area (Å²) in [7, 11) is 1.68. The lowest BCUT2D eigenvalue weighted by atomic mass is 10.1. The van der Waals surface area contributed by atoms with E-state index in [9.17, 15) is 5.11 Å². The van der Waals surface area contributed by atoms with E-state index in [-0.39, 0.29) is 6.61 Å². The van der Waals surface area contributed by atoms with E-state index >= 15 is 0 Å². The van der Waals surface area contributed by atoms with E-state index in [0.29, 0.717) is 36.3 Å². The molecule has 0 spiro atoms. The van der Waals surface area contributed by atoms with E-state index < -0.39 is 0 Å². The lowest BCUT2D eigenvalue weighted by Gasteiger charge is -2.14. The van der Waals surface area contributed by atoms with E-state index in [2.05, 4.69) is 10.3 Å². The van der Waals surface area contributed by atoms with Crippen LogP contribution in [0.25, 0.3) is 0 Å². The molecule has 0 aliphatic heterocycles. The van der Waals surface area contributed by atoms with Gasteiger partial charge in [0.2, 0.25) is 0 Å². The average molecular weight is 351 g/mol. The number of ether oxygens (including phenoxy) is 2. The molecule has 2 rings (SSSR count). The van der Waals surface area contributed by atoms with Crippen LogP contribution in [0.4, 0.5) is 5.82 Å². The van der Waals surface area contributed by atoms with Gasteiger partial charge in [-0.15, -0.1) is 0 Å². The third-order valence-electron chi connectivity index (χ3n) is 3.44. The second-order valence-electron chi connectivity index (χ2n) is 5.48. The maximum absolute atomic E-state index is 9.21. The average Bonchev–Trinajstić information content (AvgIpc) is 2.57. The number of anilines is 1. The molecule has 0 saturated carbocycles. The normalized spacial score (nSPS) is 10.7. The van der Waals surface area contributed by atoms with E-state index in [1.165, 1.54) is 0 Å². The van der Waals surface area contributed by atoms with Gasteiger partial charge in [-0.1, -0.05) is 23.7 Å². The lowest BCUT2D eigenvalue weighted by molar-refractivity contribution is 0.172. The van der Waals surface area contributed by atoms with Crippen LogP contribution < -0.4 is 10.1 Å². The van der Waals surface area contributed by atoms with Crippen LogP contribution in [0, 0.1) is 6.92 Å². The number of aliphatic hydroxyl groups is 1. The maximum Gasteiger partial charge on any atom is 0.128 e. The minimum absolute atomic E-state index is 0.145. The van der Waals surface area contributed by atoms with E-state index in [4.69, 9.17) is 21.1 Å². The van der Waals surface area contributed by atoms with Gasteiger partial charge in [0.05, 0.1) is 18.9 Å². The van der Waals surface area contributed by atoms with Crippen LogP contribution in [0.5, 0.6) is 5.75 Å². The fraction of sp³-hybridized carbons (Fsp3) is 0.389. The second kappa shape index (κ2) is 9.47. The number of hydrogen-bond acceptors (Lipinski definition) is 5. The molecule has 0 radical (unpaired) electrons. The molecule has 130 valence electrons. The number of aromatic nitrogens is 1. The predicted molar refractivity (Wildman–Crippen MR) is 95.7 cm³/mol. The van der Waals surface area contributed by atoms with Crippen molar-refractivity contribution in [3.05, 3.63) is 52.2 Å². The van der Waals surface area contributed by atoms with Crippen molar-refractivity contribution in [1.29, 1.82) is 0 Å². The number of aryl methyl sites for hydroxylation is 1. The van der Waals surface area contributed by atoms with Crippen molar-refractivity contribution in [2.24, 2.45) is 0 Å². The molecule has 0 unspecified atom stereocenters. The van der Waals surface area contributed by atoms with Crippen molar-refractivity contribution < 1.29 is 14.6 Å². The second-order valence-corrected chi connectivity index (χ2v) is 5.92. The molecule has 2 N–H and O–H groups in total. The molecule has 0 aliphatic carbocycles. The molecule has 0 bridgehead atoms. The van der Waals surface area contributed by atoms with Gasteiger partial charge in [0.15, 0.2) is 0 Å². The SMILES string of the molecule is COCCCOc1cc(C)ccc1CNc1cc(Cl)cc(CO)n1. The first kappa shape index (κ1) is 18.5. The number of nitrogens with zero attached hydrogens (tertiary/aromatic N) is 1. The van der Waals surface area contributed by atoms with Gasteiger partial charge >= 0.3 is 0 Å². The summed E-state index contributed by atoms with van der Waals surface area (Å²) in [5.41, 5.74) is 2.71. The van der Waals surface area contributed by atoms with Crippen LogP contribution in [0.1, 0.15) is 23.2 Å². The Balaban J connectivity index is 2.04. The summed E-state index contributed by atoms with van der Waals surface area (Å²) in [6, 6.07) is 9.47. The van der Waals surface area contributed by atoms with E-state index in [1.807, 2.05) is 25.1 Å². The van der Waals surface area contributed by atoms with Crippen LogP contribution >= 0.6 is 11.6 Å². The highest BCUT2D eigenvalue weighted by molar-refractivity contribution is 6.30. The van der Waals surface area contributed by atoms with E-state index in [0.717, 1.165) is 23.3 Å². The Hall–Kier alpha value is -1.82. The molecule has 24 heavy (non-hydrogen) atoms. The quantitative estimate of drug-likeness (QED) is 0.677. The van der Waals surface area contributed by atoms with Gasteiger partial charge in [-0.05, 0) is 30.7 Å². The summed E-state index contributed by atoms with van der Waals surface area (Å²) in [4.78, 5) is 4.30. The van der Waals surface area contributed by atoms with Crippen molar-refractivity contribution in [2.75, 3.05) is 25.6 Å². The number of aliphatic hydroxyl groups excluding tert-OH is 1. The van der Waals surface area contributed by atoms with E-state index in [1.54, 1.807) is 19.2 Å². The molecule has 0 fully saturated rings. The maximum atomic E-state index is 9.21. The summed E-state index contributed by atoms with van der Waals surface area (Å²) >= 11 is 6.03. The van der Waals surface area contributed by atoms with Gasteiger partial charge in [-0.25, -0.2) is 4.98 Å². The summed E-state index contributed by atoms with van der Waals surface area (Å²) in [6.07, 6.45) is 0.840. The molecule has 2 aromatic rings. The monoisotopic (exact) mass is 350 g/mol. The number of rotatable bonds is 9. The smallest absolute Gasteiger partial charge is 0.128 e. The standard InChI is InChI=1S/C18H23ClN2O3/c1-13-4-5-14(17(8-13)24-7-3-6-23-2)11-20-18-10-15(19)9-16(12-22)21-18/h4-5,8-10,22H,3,6-7,11-12H2,1-2H3,(H,20,21). The molecule has 6 heteroatoms. The Morgan fingerprint density at radius 2 is 2.04 bits per heavy atom. The van der Waals surface area contributed by atoms with Gasteiger partial charge in [0, 0.05) is 37.3 Å². The van der Waals surface area contributed by atoms with Gasteiger partial charge in [0.25, 0.3) is 0 Å². The Kier molecular flexibility index (Phi) is 7.31. The molecular weight excluding hydrogens is 328 g/mol. The fourth-order valence-electron chi connectivity index (χ4n) is 2.24. The Morgan fingerprint density at radius 3 is 2.79 bits per heavy atom. The van der Waals surface area contributed by atoms with Crippen LogP contribution in [0.2, 0.25) is 5.02 Å². The molecule has 0 saturated heterocycles. The van der Waals surface area contributed by atoms with Gasteiger partial charge < -0.3 is 19.9 Å². The van der Waals surface area contributed by atoms with Crippen LogP contribution in [0.3, 0.4) is 0 Å². The third kappa shape index (κ3) is 5.67. The molecule has 1 aromatic heterocycles. The number of pyridine rings is 1. The Labute approximate surface area is 147 Å². The molecule has 0 amide bonds. The minimum atomic E-state index is -0.145. The van der Waals surface area contributed by atoms with Gasteiger partial charge in [-0.3, -0.25) is 0 Å². The first-order valence-electron chi connectivity index (χ1n) is 7.85. The van der Waals surface area contributed by atoms with Crippen LogP contribution in [-0.2, 0) is 17.9 Å². The van der Waals surface area contributed by atoms with Gasteiger partial charge in [0.1, 0.15) is 11.6 Å². The zero-order valence-electron chi connectivity index (χ0n) is 14.0. The van der Waals surface area contributed by atoms with Crippen molar-refractivity contribution in [3.63, 3.8) is 0 Å². The first-order valence-corrected chi connectivity index (χ1v) is 8.22. The summed E-state index contributed by atoms with van der Waals surface area (Å²) in [6.45, 7) is 3.72. The molecular formula is C18H23ClN2O3. The third-order valence-corrected chi connectivity index (χ3v) is 3.66. The van der Waals surface area contributed by atoms with Crippen molar-refractivity contribution in [3.8, 4) is 5.75 Å². The summed E-state index contributed by atoms with van der Waals surface area (Å²) < 4.78 is 10.9. The molecule has 0 aliphatic rings. The highest BCUT2D eigenvalue weighted by Gasteiger charge is 2.06. The Bertz CT molecular complexity index is 665. The largest absolute Gasteiger partial charge is 0.493 e. The zero-order valence-corrected chi connectivity index (χ0v) is 14.8. The number of methoxy groups -OCH3 is 1. The molecule has 1 heterocycles. The zero-order chi connectivity index (χ0) is 17.4. The van der Waals surface area contributed by atoms with Gasteiger partial charge in [-0.2, -0.15) is 0 Å². The molecule has 5 nitrogen and oxygen atoms in total. The molecule has 1 aromatic carbocycles. The summed E-state index contributed by atoms with van der Waals surface area (Å²) in [5, 5.41) is 13.0. The highest BCUT2D eigenvalue weighted by Crippen LogP contribution is 2.23. The topological polar surface area (TPSA) is 63.6 Å². The number of hydrogen-bond donors (Lipinski definition) is 2. The Morgan fingerprint density at radius 1 is 1.21 bits per heavy atom. The number of halogens is 1. The summed E-state index contributed by atoms with van der Waals surface area (Å²) in [5.74, 6) is 1.47.